The van der Waals surface area contributed by atoms with E-state index in [1.165, 1.54) is 73.5 Å². The van der Waals surface area contributed by atoms with Gasteiger partial charge in [0.05, 0.1) is 13.4 Å². The molecule has 0 aromatic heterocycles. The number of rotatable bonds is 27. The van der Waals surface area contributed by atoms with E-state index in [2.05, 4.69) is 89.7 Å². The Morgan fingerprint density at radius 3 is 1.08 bits per heavy atom. The van der Waals surface area contributed by atoms with Crippen molar-refractivity contribution in [2.75, 3.05) is 49.2 Å². The molecule has 72 heavy (non-hydrogen) atoms. The molecular weight excluding hydrogens is 1210 g/mol. The van der Waals surface area contributed by atoms with Crippen molar-refractivity contribution in [1.82, 2.24) is 21.3 Å². The van der Waals surface area contributed by atoms with Crippen LogP contribution in [-0.4, -0.2) is 137 Å². The Kier molecular flexibility index (Phi) is 25.2. The van der Waals surface area contributed by atoms with Gasteiger partial charge in [0.15, 0.2) is 0 Å². The molecule has 27 heteroatoms. The van der Waals surface area contributed by atoms with Gasteiger partial charge >= 0.3 is 0 Å². The number of hydrogen-bond donors (Lipinski definition) is 12. The van der Waals surface area contributed by atoms with Gasteiger partial charge in [0.2, 0.25) is 0 Å². The van der Waals surface area contributed by atoms with Crippen molar-refractivity contribution in [3.63, 3.8) is 0 Å². The summed E-state index contributed by atoms with van der Waals surface area (Å²) in [6, 6.07) is 15.5. The fourth-order valence-electron chi connectivity index (χ4n) is 6.33. The van der Waals surface area contributed by atoms with E-state index >= 15 is 0 Å². The van der Waals surface area contributed by atoms with Crippen LogP contribution in [0.25, 0.3) is 11.1 Å². The molecule has 12 N–H and O–H groups in total. The number of phenolic OH excluding ortho intramolecular Hbond substituents is 4. The number of benzene rings is 4. The molecule has 0 aliphatic carbocycles. The molecule has 0 bridgehead atoms. The summed E-state index contributed by atoms with van der Waals surface area (Å²) >= 11 is 9.75. The number of nitrogens with one attached hydrogen (secondary N) is 4. The van der Waals surface area contributed by atoms with Crippen LogP contribution in [0.2, 0.25) is 0 Å². The smallest absolute Gasteiger partial charge is 0.269 e. The predicted molar refractivity (Wildman–Crippen MR) is 293 cm³/mol. The van der Waals surface area contributed by atoms with Gasteiger partial charge in [0.25, 0.3) is 23.6 Å². The molecule has 0 unspecified atom stereocenters. The van der Waals surface area contributed by atoms with Crippen molar-refractivity contribution in [3.05, 3.63) is 102 Å². The third kappa shape index (κ3) is 18.6. The maximum atomic E-state index is 13.0. The van der Waals surface area contributed by atoms with Crippen LogP contribution in [0.5, 0.6) is 23.0 Å². The number of carbonyl (C=O) groups is 4. The highest BCUT2D eigenvalue weighted by molar-refractivity contribution is 9.11. The Labute approximate surface area is 454 Å². The van der Waals surface area contributed by atoms with Gasteiger partial charge in [-0.05, 0) is 125 Å². The SMILES string of the molecule is Cc1cc(C/C(=N/O)C(=O)NCCSSCCNC(=O)/C(Cc2ccc(O)c(Br)c2)=N\O)cc(-c2cc(C/C(=N/O)C(=O)NCCSSCCNC(=O)/C(Cc3ccc(O)c(Br)c3)=N\O)cc(Br)c2O)c1O. The minimum atomic E-state index is -0.646. The van der Waals surface area contributed by atoms with Crippen molar-refractivity contribution in [1.29, 1.82) is 0 Å². The highest BCUT2D eigenvalue weighted by atomic mass is 79.9. The molecule has 4 aromatic rings. The molecule has 0 atom stereocenters. The summed E-state index contributed by atoms with van der Waals surface area (Å²) < 4.78 is 1.10. The van der Waals surface area contributed by atoms with E-state index in [0.717, 1.165) is 0 Å². The van der Waals surface area contributed by atoms with E-state index in [0.29, 0.717) is 59.8 Å². The maximum Gasteiger partial charge on any atom is 0.269 e. The molecule has 0 spiro atoms. The summed E-state index contributed by atoms with van der Waals surface area (Å²) in [5.41, 5.74) is 2.25. The van der Waals surface area contributed by atoms with Gasteiger partial charge in [0, 0.05) is 86.0 Å². The summed E-state index contributed by atoms with van der Waals surface area (Å²) in [7, 11) is 5.73. The van der Waals surface area contributed by atoms with Crippen molar-refractivity contribution >= 4 is 137 Å². The molecule has 4 rings (SSSR count). The lowest BCUT2D eigenvalue weighted by Crippen LogP contribution is -2.34. The minimum absolute atomic E-state index is 0.0385. The molecule has 20 nitrogen and oxygen atoms in total. The molecule has 0 aliphatic heterocycles. The van der Waals surface area contributed by atoms with E-state index in [1.807, 2.05) is 0 Å². The van der Waals surface area contributed by atoms with Crippen LogP contribution in [-0.2, 0) is 44.9 Å². The summed E-state index contributed by atoms with van der Waals surface area (Å²) in [6.45, 7) is 2.59. The second kappa shape index (κ2) is 30.7. The molecular formula is C45H49Br3N8O12S4. The summed E-state index contributed by atoms with van der Waals surface area (Å²) in [5, 5.41) is 103. The summed E-state index contributed by atoms with van der Waals surface area (Å²) in [4.78, 5) is 51.0. The van der Waals surface area contributed by atoms with Crippen molar-refractivity contribution in [2.24, 2.45) is 20.6 Å². The number of aromatic hydroxyl groups is 4. The van der Waals surface area contributed by atoms with Crippen LogP contribution >= 0.6 is 91.0 Å². The van der Waals surface area contributed by atoms with Gasteiger partial charge in [-0.3, -0.25) is 19.2 Å². The Balaban J connectivity index is 1.21. The fraction of sp³-hybridized carbons (Fsp3) is 0.289. The average Bonchev–Trinajstić information content (AvgIpc) is 3.36. The van der Waals surface area contributed by atoms with Gasteiger partial charge in [0.1, 0.15) is 45.8 Å². The van der Waals surface area contributed by atoms with E-state index in [1.54, 1.807) is 37.3 Å². The number of halogens is 3. The van der Waals surface area contributed by atoms with Crippen molar-refractivity contribution < 1.29 is 60.4 Å². The second-order valence-electron chi connectivity index (χ2n) is 15.1. The molecule has 0 saturated heterocycles. The average molecular weight is 1260 g/mol. The zero-order valence-electron chi connectivity index (χ0n) is 38.0. The van der Waals surface area contributed by atoms with Gasteiger partial charge in [-0.15, -0.1) is 0 Å². The Morgan fingerprint density at radius 1 is 0.444 bits per heavy atom. The number of oxime groups is 4. The van der Waals surface area contributed by atoms with Crippen LogP contribution in [0.1, 0.15) is 27.8 Å². The lowest BCUT2D eigenvalue weighted by Gasteiger charge is -2.15. The second-order valence-corrected chi connectivity index (χ2v) is 23.0. The van der Waals surface area contributed by atoms with Crippen LogP contribution in [0.4, 0.5) is 0 Å². The zero-order chi connectivity index (χ0) is 52.7. The Morgan fingerprint density at radius 2 is 0.750 bits per heavy atom. The fourth-order valence-corrected chi connectivity index (χ4v) is 11.3. The number of amides is 4. The highest BCUT2D eigenvalue weighted by Gasteiger charge is 2.22. The number of nitrogens with zero attached hydrogens (tertiary/aromatic N) is 4. The maximum absolute atomic E-state index is 13.0. The van der Waals surface area contributed by atoms with Crippen LogP contribution < -0.4 is 21.3 Å². The standard InChI is InChI=1S/C45H49Br3N8O12S4/c1-24-14-27(22-36(55-67)44(63)51-8-12-71-69-10-6-49-42(61)34(53-65)20-25-2-4-38(57)31(46)17-25)15-29(40(24)59)30-16-28(19-33(48)41(30)60)23-37(56-68)45(64)52-9-13-72-70-11-7-50-43(62)35(54-66)21-26-3-5-39(58)32(47)18-26/h2-5,14-19,57-60,65-68H,6-13,20-23H2,1H3,(H,49,61)(H,50,62)(H,51,63)(H,52,64)/b53-34-,54-35-,55-36-,56-37-. The van der Waals surface area contributed by atoms with Gasteiger partial charge in [-0.25, -0.2) is 0 Å². The largest absolute Gasteiger partial charge is 0.507 e. The molecule has 0 saturated carbocycles. The number of aryl methyl sites for hydroxylation is 1. The highest BCUT2D eigenvalue weighted by Crippen LogP contribution is 2.42. The first-order chi connectivity index (χ1) is 34.5. The molecule has 0 fully saturated rings. The topological polar surface area (TPSA) is 328 Å². The number of carbonyl (C=O) groups excluding carboxylic acids is 4. The first kappa shape index (κ1) is 59.2. The third-order valence-corrected chi connectivity index (χ3v) is 16.6. The lowest BCUT2D eigenvalue weighted by molar-refractivity contribution is -0.115. The molecule has 386 valence electrons. The molecule has 0 radical (unpaired) electrons. The van der Waals surface area contributed by atoms with E-state index in [4.69, 9.17) is 0 Å². The third-order valence-electron chi connectivity index (χ3n) is 9.87. The molecule has 4 aromatic carbocycles. The monoisotopic (exact) mass is 1260 g/mol. The summed E-state index contributed by atoms with van der Waals surface area (Å²) in [5.74, 6) is -0.780. The Hall–Kier alpha value is -5.32. The van der Waals surface area contributed by atoms with E-state index in [-0.39, 0.29) is 113 Å². The number of phenols is 4. The minimum Gasteiger partial charge on any atom is -0.507 e. The van der Waals surface area contributed by atoms with Gasteiger partial charge in [-0.2, -0.15) is 0 Å². The first-order valence-corrected chi connectivity index (χ1v) is 28.6. The predicted octanol–water partition coefficient (Wildman–Crippen LogP) is 6.89. The first-order valence-electron chi connectivity index (χ1n) is 21.2. The molecule has 0 aliphatic rings. The number of hydrogen-bond acceptors (Lipinski definition) is 20. The zero-order valence-corrected chi connectivity index (χ0v) is 46.0. The van der Waals surface area contributed by atoms with Crippen LogP contribution in [0.3, 0.4) is 0 Å². The molecule has 0 heterocycles. The molecule has 4 amide bonds. The van der Waals surface area contributed by atoms with E-state index < -0.39 is 23.6 Å². The van der Waals surface area contributed by atoms with Crippen LogP contribution in [0.15, 0.2) is 94.7 Å². The quantitative estimate of drug-likeness (QED) is 0.00950. The Bertz CT molecular complexity index is 2540. The normalized spacial score (nSPS) is 12.1. The van der Waals surface area contributed by atoms with Crippen molar-refractivity contribution in [2.45, 2.75) is 32.6 Å². The van der Waals surface area contributed by atoms with Crippen LogP contribution in [0, 0.1) is 6.92 Å². The lowest BCUT2D eigenvalue weighted by atomic mass is 9.93. The summed E-state index contributed by atoms with van der Waals surface area (Å²) in [6.07, 6.45) is -0.228. The van der Waals surface area contributed by atoms with Crippen molar-refractivity contribution in [3.8, 4) is 34.1 Å². The van der Waals surface area contributed by atoms with E-state index in [9.17, 15) is 60.4 Å². The van der Waals surface area contributed by atoms with Gasteiger partial charge in [-0.1, -0.05) is 82.0 Å². The van der Waals surface area contributed by atoms with Gasteiger partial charge < -0.3 is 62.5 Å².